The summed E-state index contributed by atoms with van der Waals surface area (Å²) in [5, 5.41) is 26.8. The van der Waals surface area contributed by atoms with E-state index in [2.05, 4.69) is 51.1 Å². The molecule has 41 heavy (non-hydrogen) atoms. The van der Waals surface area contributed by atoms with Crippen molar-refractivity contribution in [2.75, 3.05) is 0 Å². The minimum absolute atomic E-state index is 0.434. The maximum Gasteiger partial charge on any atom is 0.273 e. The number of carbonyl (C=O) groups is 1. The molecule has 6 rings (SSSR count). The zero-order valence-corrected chi connectivity index (χ0v) is 22.6. The molecule has 0 aliphatic carbocycles. The fourth-order valence-electron chi connectivity index (χ4n) is 4.49. The Balaban J connectivity index is 1.20. The number of para-hydroxylation sites is 1. The second-order valence-corrected chi connectivity index (χ2v) is 10.2. The highest BCUT2D eigenvalue weighted by Gasteiger charge is 2.18. The average Bonchev–Trinajstić information content (AvgIpc) is 3.64. The van der Waals surface area contributed by atoms with Gasteiger partial charge in [-0.05, 0) is 57.9 Å². The molecule has 0 fully saturated rings. The van der Waals surface area contributed by atoms with Crippen molar-refractivity contribution < 1.29 is 14.3 Å². The highest BCUT2D eigenvalue weighted by Crippen LogP contribution is 2.31. The third-order valence-electron chi connectivity index (χ3n) is 6.47. The molecule has 2 N–H and O–H groups in total. The minimum Gasteiger partial charge on any atom is -0.448 e. The molecule has 9 heteroatoms. The Bertz CT molecular complexity index is 1810. The number of benzene rings is 4. The Hall–Kier alpha value is -4.99. The van der Waals surface area contributed by atoms with Crippen molar-refractivity contribution in [3.05, 3.63) is 138 Å². The number of rotatable bonds is 9. The molecule has 1 amide bonds. The fraction of sp³-hybridized carbons (Fsp3) is 0.0625. The second-order valence-electron chi connectivity index (χ2n) is 9.19. The summed E-state index contributed by atoms with van der Waals surface area (Å²) in [5.41, 5.74) is 4.95. The summed E-state index contributed by atoms with van der Waals surface area (Å²) in [6, 6.07) is 36.8. The van der Waals surface area contributed by atoms with Crippen molar-refractivity contribution in [3.63, 3.8) is 0 Å². The predicted molar refractivity (Wildman–Crippen MR) is 158 cm³/mol. The minimum atomic E-state index is -1.32. The van der Waals surface area contributed by atoms with Crippen molar-refractivity contribution in [2.24, 2.45) is 5.10 Å². The first-order valence-electron chi connectivity index (χ1n) is 13.0. The number of aromatic nitrogens is 3. The maximum atomic E-state index is 12.2. The molecule has 0 aliphatic heterocycles. The van der Waals surface area contributed by atoms with Gasteiger partial charge in [-0.15, -0.1) is 10.2 Å². The van der Waals surface area contributed by atoms with Crippen molar-refractivity contribution in [2.45, 2.75) is 22.8 Å². The number of nitrogens with one attached hydrogen (secondary N) is 1. The largest absolute Gasteiger partial charge is 0.448 e. The number of hydrazone groups is 1. The average molecular weight is 560 g/mol. The second kappa shape index (κ2) is 12.0. The summed E-state index contributed by atoms with van der Waals surface area (Å²) >= 11 is 1.34. The summed E-state index contributed by atoms with van der Waals surface area (Å²) in [6.07, 6.45) is 0.672. The quantitative estimate of drug-likeness (QED) is 0.168. The van der Waals surface area contributed by atoms with Crippen molar-refractivity contribution in [1.82, 2.24) is 20.2 Å². The first-order valence-corrected chi connectivity index (χ1v) is 13.8. The lowest BCUT2D eigenvalue weighted by Gasteiger charge is -2.11. The van der Waals surface area contributed by atoms with E-state index in [9.17, 15) is 9.90 Å². The number of furan rings is 1. The predicted octanol–water partition coefficient (Wildman–Crippen LogP) is 5.94. The van der Waals surface area contributed by atoms with E-state index in [-0.39, 0.29) is 0 Å². The van der Waals surface area contributed by atoms with Crippen LogP contribution in [0.1, 0.15) is 28.8 Å². The molecule has 6 aromatic rings. The third-order valence-corrected chi connectivity index (χ3v) is 7.33. The van der Waals surface area contributed by atoms with Crippen LogP contribution in [0.5, 0.6) is 0 Å². The summed E-state index contributed by atoms with van der Waals surface area (Å²) in [6.45, 7) is 0. The molecule has 2 aromatic heterocycles. The molecule has 0 saturated heterocycles. The zero-order chi connectivity index (χ0) is 28.0. The van der Waals surface area contributed by atoms with Crippen LogP contribution in [0.3, 0.4) is 0 Å². The van der Waals surface area contributed by atoms with Gasteiger partial charge < -0.3 is 9.52 Å². The van der Waals surface area contributed by atoms with Crippen LogP contribution in [0.15, 0.2) is 135 Å². The topological polar surface area (TPSA) is 106 Å². The van der Waals surface area contributed by atoms with Crippen LogP contribution < -0.4 is 5.43 Å². The van der Waals surface area contributed by atoms with E-state index in [1.807, 2.05) is 53.1 Å². The van der Waals surface area contributed by atoms with E-state index in [0.717, 1.165) is 11.5 Å². The van der Waals surface area contributed by atoms with Crippen molar-refractivity contribution in [3.8, 4) is 5.69 Å². The van der Waals surface area contributed by atoms with Crippen LogP contribution in [0, 0.1) is 0 Å². The number of fused-ring (bicyclic) bond motifs is 1. The smallest absolute Gasteiger partial charge is 0.273 e. The molecule has 4 aromatic carbocycles. The number of aliphatic hydroxyl groups excluding tert-OH is 1. The molecule has 1 atom stereocenters. The Morgan fingerprint density at radius 1 is 0.902 bits per heavy atom. The molecule has 0 radical (unpaired) electrons. The third kappa shape index (κ3) is 5.96. The van der Waals surface area contributed by atoms with Crippen molar-refractivity contribution in [1.29, 1.82) is 0 Å². The Kier molecular flexibility index (Phi) is 7.70. The van der Waals surface area contributed by atoms with Gasteiger partial charge >= 0.3 is 0 Å². The first-order chi connectivity index (χ1) is 20.2. The van der Waals surface area contributed by atoms with Gasteiger partial charge in [0.25, 0.3) is 5.91 Å². The van der Waals surface area contributed by atoms with Crippen LogP contribution in [-0.4, -0.2) is 32.0 Å². The van der Waals surface area contributed by atoms with Crippen LogP contribution in [0.4, 0.5) is 0 Å². The molecular formula is C32H25N5O3S. The number of hydrogen-bond acceptors (Lipinski definition) is 7. The molecule has 0 bridgehead atoms. The number of aliphatic hydroxyl groups is 1. The van der Waals surface area contributed by atoms with Gasteiger partial charge in [-0.25, -0.2) is 5.43 Å². The highest BCUT2D eigenvalue weighted by atomic mass is 32.2. The van der Waals surface area contributed by atoms with Crippen molar-refractivity contribution >= 4 is 34.7 Å². The van der Waals surface area contributed by atoms with Gasteiger partial charge in [0.1, 0.15) is 11.6 Å². The normalized spacial score (nSPS) is 12.1. The van der Waals surface area contributed by atoms with Gasteiger partial charge in [-0.1, -0.05) is 91.0 Å². The number of nitrogens with zero attached hydrogens (tertiary/aromatic N) is 4. The number of carbonyl (C=O) groups excluding carboxylic acids is 1. The van der Waals surface area contributed by atoms with Crippen LogP contribution in [0.25, 0.3) is 16.5 Å². The Morgan fingerprint density at radius 2 is 1.63 bits per heavy atom. The maximum absolute atomic E-state index is 12.2. The van der Waals surface area contributed by atoms with Gasteiger partial charge in [-0.2, -0.15) is 5.10 Å². The Labute approximate surface area is 240 Å². The summed E-state index contributed by atoms with van der Waals surface area (Å²) in [7, 11) is 0. The van der Waals surface area contributed by atoms with Gasteiger partial charge in [0.15, 0.2) is 11.2 Å². The monoisotopic (exact) mass is 559 g/mol. The zero-order valence-electron chi connectivity index (χ0n) is 21.8. The molecule has 0 spiro atoms. The van der Waals surface area contributed by atoms with Crippen LogP contribution in [-0.2, 0) is 11.2 Å². The lowest BCUT2D eigenvalue weighted by molar-refractivity contribution is -0.129. The van der Waals surface area contributed by atoms with Gasteiger partial charge in [0.05, 0.1) is 6.21 Å². The van der Waals surface area contributed by atoms with Crippen LogP contribution in [0.2, 0.25) is 0 Å². The lowest BCUT2D eigenvalue weighted by atomic mass is 10.0. The van der Waals surface area contributed by atoms with Gasteiger partial charge in [0.2, 0.25) is 5.16 Å². The molecule has 8 nitrogen and oxygen atoms in total. The molecule has 0 unspecified atom stereocenters. The van der Waals surface area contributed by atoms with E-state index in [1.165, 1.54) is 34.3 Å². The van der Waals surface area contributed by atoms with E-state index in [0.29, 0.717) is 28.0 Å². The van der Waals surface area contributed by atoms with Gasteiger partial charge in [0, 0.05) is 12.1 Å². The fourth-order valence-corrected chi connectivity index (χ4v) is 5.33. The number of hydrogen-bond donors (Lipinski definition) is 2. The molecular weight excluding hydrogens is 534 g/mol. The summed E-state index contributed by atoms with van der Waals surface area (Å²) in [5.74, 6) is 0.607. The molecule has 202 valence electrons. The van der Waals surface area contributed by atoms with E-state index in [4.69, 9.17) is 4.42 Å². The van der Waals surface area contributed by atoms with E-state index < -0.39 is 12.0 Å². The molecule has 0 saturated carbocycles. The first kappa shape index (κ1) is 26.2. The Morgan fingerprint density at radius 3 is 2.46 bits per heavy atom. The summed E-state index contributed by atoms with van der Waals surface area (Å²) < 4.78 is 7.94. The van der Waals surface area contributed by atoms with E-state index in [1.54, 1.807) is 36.4 Å². The molecule has 2 heterocycles. The van der Waals surface area contributed by atoms with Gasteiger partial charge in [-0.3, -0.25) is 9.36 Å². The number of amides is 1. The SMILES string of the molecule is O=C(N/N=C/c1ccc(Sc2nnc(Cc3cccc4ccccc34)n2-c2ccccc2)o1)[C@H](O)c1ccccc1. The standard InChI is InChI=1S/C32H25N5O3S/c38-30(23-11-3-1-4-12-23)31(39)35-33-21-26-18-19-29(40-26)41-32-36-34-28(37(32)25-15-5-2-6-16-25)20-24-14-9-13-22-10-7-8-17-27(22)24/h1-19,21,30,38H,20H2,(H,35,39)/b33-21+/t30-/m1/s1. The van der Waals surface area contributed by atoms with E-state index >= 15 is 0 Å². The highest BCUT2D eigenvalue weighted by molar-refractivity contribution is 7.99. The van der Waals surface area contributed by atoms with Crippen LogP contribution >= 0.6 is 11.8 Å². The summed E-state index contributed by atoms with van der Waals surface area (Å²) in [4.78, 5) is 12.2. The molecule has 0 aliphatic rings. The lowest BCUT2D eigenvalue weighted by Crippen LogP contribution is -2.25.